The van der Waals surface area contributed by atoms with Crippen molar-refractivity contribution in [3.05, 3.63) is 76.0 Å². The molecule has 0 bridgehead atoms. The van der Waals surface area contributed by atoms with Gasteiger partial charge in [-0.05, 0) is 17.5 Å². The molecule has 2 heterocycles. The lowest BCUT2D eigenvalue weighted by atomic mass is 9.99. The highest BCUT2D eigenvalue weighted by Gasteiger charge is 2.26. The highest BCUT2D eigenvalue weighted by molar-refractivity contribution is 5.31. The third-order valence-electron chi connectivity index (χ3n) is 3.99. The maximum absolute atomic E-state index is 12.5. The van der Waals surface area contributed by atoms with E-state index in [0.29, 0.717) is 16.8 Å². The number of benzene rings is 1. The van der Waals surface area contributed by atoms with Crippen molar-refractivity contribution >= 4 is 0 Å². The third-order valence-corrected chi connectivity index (χ3v) is 3.99. The zero-order valence-corrected chi connectivity index (χ0v) is 14.1. The first kappa shape index (κ1) is 17.9. The van der Waals surface area contributed by atoms with E-state index in [1.165, 1.54) is 10.7 Å². The van der Waals surface area contributed by atoms with Crippen LogP contribution in [0.15, 0.2) is 53.7 Å². The molecule has 0 aliphatic carbocycles. The molecule has 3 rings (SSSR count). The predicted octanol–water partition coefficient (Wildman–Crippen LogP) is 3.05. The van der Waals surface area contributed by atoms with Crippen molar-refractivity contribution in [3.63, 3.8) is 0 Å². The number of aromatic nitrogens is 4. The standard InChI is InChI=1S/C18H17F3N4O/c1-24-12-15(11-22-24)25-9-7-17(26)16(23-25)10-14-5-3-2-4-13(14)6-8-18(19,20)21/h2-5,7,9,11-12H,6,8,10H2,1H3. The van der Waals surface area contributed by atoms with E-state index in [0.717, 1.165) is 0 Å². The van der Waals surface area contributed by atoms with E-state index in [-0.39, 0.29) is 24.0 Å². The summed E-state index contributed by atoms with van der Waals surface area (Å²) in [6.45, 7) is 0. The smallest absolute Gasteiger partial charge is 0.288 e. The molecule has 5 nitrogen and oxygen atoms in total. The number of hydrogen-bond acceptors (Lipinski definition) is 3. The lowest BCUT2D eigenvalue weighted by Crippen LogP contribution is -2.17. The van der Waals surface area contributed by atoms with Gasteiger partial charge in [-0.1, -0.05) is 24.3 Å². The highest BCUT2D eigenvalue weighted by Crippen LogP contribution is 2.24. The van der Waals surface area contributed by atoms with Crippen molar-refractivity contribution < 1.29 is 13.2 Å². The summed E-state index contributed by atoms with van der Waals surface area (Å²) in [7, 11) is 1.77. The van der Waals surface area contributed by atoms with Crippen LogP contribution in [-0.2, 0) is 19.9 Å². The van der Waals surface area contributed by atoms with Crippen LogP contribution in [-0.4, -0.2) is 25.7 Å². The van der Waals surface area contributed by atoms with Crippen molar-refractivity contribution in [2.45, 2.75) is 25.4 Å². The zero-order valence-electron chi connectivity index (χ0n) is 14.1. The summed E-state index contributed by atoms with van der Waals surface area (Å²) in [6.07, 6.45) is -0.163. The summed E-state index contributed by atoms with van der Waals surface area (Å²) in [5, 5.41) is 8.39. The van der Waals surface area contributed by atoms with Crippen LogP contribution in [0, 0.1) is 0 Å². The molecule has 26 heavy (non-hydrogen) atoms. The first-order valence-electron chi connectivity index (χ1n) is 8.03. The summed E-state index contributed by atoms with van der Waals surface area (Å²) >= 11 is 0. The second-order valence-electron chi connectivity index (χ2n) is 6.00. The van der Waals surface area contributed by atoms with Gasteiger partial charge in [-0.15, -0.1) is 0 Å². The van der Waals surface area contributed by atoms with Gasteiger partial charge in [0.15, 0.2) is 0 Å². The average Bonchev–Trinajstić information content (AvgIpc) is 3.02. The summed E-state index contributed by atoms with van der Waals surface area (Å²) in [5.74, 6) is 0. The average molecular weight is 362 g/mol. The van der Waals surface area contributed by atoms with Crippen molar-refractivity contribution in [2.75, 3.05) is 0 Å². The van der Waals surface area contributed by atoms with Crippen LogP contribution in [0.1, 0.15) is 23.2 Å². The molecule has 2 aromatic heterocycles. The van der Waals surface area contributed by atoms with Crippen LogP contribution < -0.4 is 5.43 Å². The molecular weight excluding hydrogens is 345 g/mol. The van der Waals surface area contributed by atoms with Gasteiger partial charge in [-0.3, -0.25) is 9.48 Å². The molecule has 0 unspecified atom stereocenters. The number of aryl methyl sites for hydroxylation is 2. The van der Waals surface area contributed by atoms with E-state index in [9.17, 15) is 18.0 Å². The Morgan fingerprint density at radius 1 is 1.12 bits per heavy atom. The SMILES string of the molecule is Cn1cc(-n2ccc(=O)c(Cc3ccccc3CCC(F)(F)F)n2)cn1. The monoisotopic (exact) mass is 362 g/mol. The van der Waals surface area contributed by atoms with Gasteiger partial charge in [0.2, 0.25) is 5.43 Å². The minimum absolute atomic E-state index is 0.122. The fraction of sp³-hybridized carbons (Fsp3) is 0.278. The molecule has 0 radical (unpaired) electrons. The fourth-order valence-corrected chi connectivity index (χ4v) is 2.67. The minimum Gasteiger partial charge on any atom is -0.288 e. The summed E-state index contributed by atoms with van der Waals surface area (Å²) < 4.78 is 40.7. The maximum atomic E-state index is 12.5. The molecule has 0 amide bonds. The molecule has 0 saturated heterocycles. The molecule has 0 aliphatic rings. The minimum atomic E-state index is -4.22. The Bertz CT molecular complexity index is 959. The molecule has 8 heteroatoms. The second-order valence-corrected chi connectivity index (χ2v) is 6.00. The van der Waals surface area contributed by atoms with E-state index < -0.39 is 12.6 Å². The van der Waals surface area contributed by atoms with Crippen LogP contribution in [0.2, 0.25) is 0 Å². The van der Waals surface area contributed by atoms with Crippen molar-refractivity contribution in [1.29, 1.82) is 0 Å². The van der Waals surface area contributed by atoms with Gasteiger partial charge < -0.3 is 0 Å². The quantitative estimate of drug-likeness (QED) is 0.701. The first-order valence-corrected chi connectivity index (χ1v) is 8.03. The number of hydrogen-bond donors (Lipinski definition) is 0. The largest absolute Gasteiger partial charge is 0.389 e. The van der Waals surface area contributed by atoms with Gasteiger partial charge in [-0.2, -0.15) is 23.4 Å². The van der Waals surface area contributed by atoms with Crippen LogP contribution in [0.4, 0.5) is 13.2 Å². The fourth-order valence-electron chi connectivity index (χ4n) is 2.67. The van der Waals surface area contributed by atoms with Crippen molar-refractivity contribution in [1.82, 2.24) is 19.6 Å². The molecule has 1 aromatic carbocycles. The van der Waals surface area contributed by atoms with Gasteiger partial charge in [0.25, 0.3) is 0 Å². The molecular formula is C18H17F3N4O. The van der Waals surface area contributed by atoms with E-state index >= 15 is 0 Å². The number of alkyl halides is 3. The van der Waals surface area contributed by atoms with E-state index in [1.54, 1.807) is 54.6 Å². The Morgan fingerprint density at radius 3 is 2.50 bits per heavy atom. The van der Waals surface area contributed by atoms with E-state index in [2.05, 4.69) is 10.2 Å². The highest BCUT2D eigenvalue weighted by atomic mass is 19.4. The normalized spacial score (nSPS) is 11.7. The Balaban J connectivity index is 1.88. The van der Waals surface area contributed by atoms with Crippen molar-refractivity contribution in [2.24, 2.45) is 7.05 Å². The van der Waals surface area contributed by atoms with Crippen LogP contribution in [0.25, 0.3) is 5.69 Å². The van der Waals surface area contributed by atoms with Gasteiger partial charge >= 0.3 is 6.18 Å². The Kier molecular flexibility index (Phi) is 4.92. The van der Waals surface area contributed by atoms with Crippen molar-refractivity contribution in [3.8, 4) is 5.69 Å². The number of halogens is 3. The van der Waals surface area contributed by atoms with E-state index in [1.807, 2.05) is 0 Å². The van der Waals surface area contributed by atoms with E-state index in [4.69, 9.17) is 0 Å². The lowest BCUT2D eigenvalue weighted by Gasteiger charge is -2.11. The summed E-state index contributed by atoms with van der Waals surface area (Å²) in [4.78, 5) is 12.2. The maximum Gasteiger partial charge on any atom is 0.389 e. The van der Waals surface area contributed by atoms with Gasteiger partial charge in [-0.25, -0.2) is 4.68 Å². The Labute approximate surface area is 147 Å². The first-order chi connectivity index (χ1) is 12.3. The Hall–Kier alpha value is -2.90. The molecule has 0 aliphatic heterocycles. The molecule has 136 valence electrons. The molecule has 0 spiro atoms. The Morgan fingerprint density at radius 2 is 1.85 bits per heavy atom. The molecule has 0 fully saturated rings. The topological polar surface area (TPSA) is 52.7 Å². The summed E-state index contributed by atoms with van der Waals surface area (Å²) in [5.41, 5.74) is 1.96. The zero-order chi connectivity index (χ0) is 18.7. The molecule has 0 saturated carbocycles. The second kappa shape index (κ2) is 7.15. The lowest BCUT2D eigenvalue weighted by molar-refractivity contribution is -0.134. The molecule has 0 atom stereocenters. The number of nitrogens with zero attached hydrogens (tertiary/aromatic N) is 4. The summed E-state index contributed by atoms with van der Waals surface area (Å²) in [6, 6.07) is 8.22. The van der Waals surface area contributed by atoms with Gasteiger partial charge in [0.05, 0.1) is 12.4 Å². The molecule has 3 aromatic rings. The van der Waals surface area contributed by atoms with Crippen LogP contribution >= 0.6 is 0 Å². The predicted molar refractivity (Wildman–Crippen MR) is 90.2 cm³/mol. The van der Waals surface area contributed by atoms with Crippen LogP contribution in [0.5, 0.6) is 0 Å². The van der Waals surface area contributed by atoms with Gasteiger partial charge in [0.1, 0.15) is 11.4 Å². The number of rotatable bonds is 5. The molecule has 0 N–H and O–H groups in total. The van der Waals surface area contributed by atoms with Crippen LogP contribution in [0.3, 0.4) is 0 Å². The third kappa shape index (κ3) is 4.38. The van der Waals surface area contributed by atoms with Gasteiger partial charge in [0, 0.05) is 32.2 Å².